The van der Waals surface area contributed by atoms with Crippen LogP contribution < -0.4 is 5.32 Å². The molecular formula is C17H15FN6. The van der Waals surface area contributed by atoms with Crippen LogP contribution in [0.25, 0.3) is 28.1 Å². The van der Waals surface area contributed by atoms with Crippen molar-refractivity contribution < 1.29 is 4.39 Å². The highest BCUT2D eigenvalue weighted by molar-refractivity contribution is 5.86. The second kappa shape index (κ2) is 4.77. The van der Waals surface area contributed by atoms with Crippen LogP contribution in [0.15, 0.2) is 36.7 Å². The summed E-state index contributed by atoms with van der Waals surface area (Å²) in [7, 11) is 1.94. The lowest BCUT2D eigenvalue weighted by atomic mass is 10.1. The summed E-state index contributed by atoms with van der Waals surface area (Å²) in [5.74, 6) is 0.539. The lowest BCUT2D eigenvalue weighted by Gasteiger charge is -2.06. The van der Waals surface area contributed by atoms with Crippen molar-refractivity contribution in [1.29, 1.82) is 0 Å². The molecule has 0 saturated heterocycles. The fourth-order valence-electron chi connectivity index (χ4n) is 2.90. The largest absolute Gasteiger partial charge is 0.365 e. The topological polar surface area (TPSA) is 60.0 Å². The number of imidazole rings is 1. The Hall–Kier alpha value is -2.96. The lowest BCUT2D eigenvalue weighted by Crippen LogP contribution is -2.06. The first-order valence-corrected chi connectivity index (χ1v) is 7.92. The molecule has 6 nitrogen and oxygen atoms in total. The molecule has 3 aromatic heterocycles. The minimum absolute atomic E-state index is 0.259. The van der Waals surface area contributed by atoms with Crippen molar-refractivity contribution in [1.82, 2.24) is 24.1 Å². The van der Waals surface area contributed by atoms with Crippen LogP contribution in [0, 0.1) is 5.82 Å². The summed E-state index contributed by atoms with van der Waals surface area (Å²) in [6, 6.07) is 8.73. The Morgan fingerprint density at radius 3 is 2.75 bits per heavy atom. The molecule has 1 aliphatic rings. The molecule has 1 N–H and O–H groups in total. The number of rotatable bonds is 3. The van der Waals surface area contributed by atoms with E-state index in [2.05, 4.69) is 15.4 Å². The number of hydrogen-bond donors (Lipinski definition) is 1. The molecule has 3 heterocycles. The number of anilines is 1. The molecule has 5 rings (SSSR count). The minimum Gasteiger partial charge on any atom is -0.365 e. The van der Waals surface area contributed by atoms with Gasteiger partial charge < -0.3 is 9.88 Å². The van der Waals surface area contributed by atoms with Crippen molar-refractivity contribution in [2.45, 2.75) is 18.9 Å². The van der Waals surface area contributed by atoms with Crippen molar-refractivity contribution in [3.8, 4) is 11.3 Å². The monoisotopic (exact) mass is 322 g/mol. The third kappa shape index (κ3) is 2.05. The molecular weight excluding hydrogens is 307 g/mol. The molecule has 1 aromatic carbocycles. The molecule has 24 heavy (non-hydrogen) atoms. The van der Waals surface area contributed by atoms with Crippen LogP contribution in [0.1, 0.15) is 12.8 Å². The number of nitrogens with one attached hydrogen (secondary N) is 1. The molecule has 0 unspecified atom stereocenters. The standard InChI is InChI=1S/C17H15FN6/c1-23-9-19-15-16(20-12-6-7-12)21-14-8-13(22-24(14)17(15)23)10-2-4-11(18)5-3-10/h2-5,8-9,12H,6-7H2,1H3,(H,20,21). The highest BCUT2D eigenvalue weighted by Gasteiger charge is 2.24. The predicted molar refractivity (Wildman–Crippen MR) is 89.3 cm³/mol. The van der Waals surface area contributed by atoms with Gasteiger partial charge >= 0.3 is 0 Å². The summed E-state index contributed by atoms with van der Waals surface area (Å²) < 4.78 is 16.9. The predicted octanol–water partition coefficient (Wildman–Crippen LogP) is 3.00. The zero-order valence-electron chi connectivity index (χ0n) is 13.1. The van der Waals surface area contributed by atoms with E-state index in [0.717, 1.165) is 33.9 Å². The van der Waals surface area contributed by atoms with Crippen molar-refractivity contribution in [2.75, 3.05) is 5.32 Å². The van der Waals surface area contributed by atoms with E-state index in [1.807, 2.05) is 17.7 Å². The van der Waals surface area contributed by atoms with E-state index in [-0.39, 0.29) is 5.82 Å². The van der Waals surface area contributed by atoms with Gasteiger partial charge in [-0.05, 0) is 37.1 Å². The first kappa shape index (κ1) is 13.5. The number of halogens is 1. The van der Waals surface area contributed by atoms with E-state index in [1.54, 1.807) is 23.0 Å². The molecule has 7 heteroatoms. The van der Waals surface area contributed by atoms with E-state index in [1.165, 1.54) is 25.0 Å². The molecule has 0 spiro atoms. The Labute approximate surface area is 137 Å². The van der Waals surface area contributed by atoms with E-state index in [0.29, 0.717) is 6.04 Å². The number of benzene rings is 1. The number of fused-ring (bicyclic) bond motifs is 3. The summed E-state index contributed by atoms with van der Waals surface area (Å²) in [5, 5.41) is 8.10. The van der Waals surface area contributed by atoms with Gasteiger partial charge in [0.15, 0.2) is 22.6 Å². The lowest BCUT2D eigenvalue weighted by molar-refractivity contribution is 0.628. The van der Waals surface area contributed by atoms with Gasteiger partial charge in [-0.2, -0.15) is 9.61 Å². The summed E-state index contributed by atoms with van der Waals surface area (Å²) in [6.45, 7) is 0. The molecule has 0 amide bonds. The summed E-state index contributed by atoms with van der Waals surface area (Å²) in [4.78, 5) is 9.17. The Kier molecular flexibility index (Phi) is 2.68. The van der Waals surface area contributed by atoms with Crippen LogP contribution in [0.2, 0.25) is 0 Å². The number of aromatic nitrogens is 5. The smallest absolute Gasteiger partial charge is 0.167 e. The average Bonchev–Trinajstić information content (AvgIpc) is 3.15. The van der Waals surface area contributed by atoms with Gasteiger partial charge in [-0.25, -0.2) is 14.4 Å². The maximum Gasteiger partial charge on any atom is 0.167 e. The molecule has 0 bridgehead atoms. The molecule has 4 aromatic rings. The van der Waals surface area contributed by atoms with Crippen LogP contribution >= 0.6 is 0 Å². The van der Waals surface area contributed by atoms with Gasteiger partial charge in [0, 0.05) is 24.7 Å². The van der Waals surface area contributed by atoms with E-state index in [4.69, 9.17) is 4.98 Å². The summed E-state index contributed by atoms with van der Waals surface area (Å²) in [5.41, 5.74) is 4.05. The molecule has 1 saturated carbocycles. The highest BCUT2D eigenvalue weighted by atomic mass is 19.1. The normalized spacial score (nSPS) is 14.6. The van der Waals surface area contributed by atoms with Gasteiger partial charge in [-0.1, -0.05) is 0 Å². The van der Waals surface area contributed by atoms with Gasteiger partial charge in [0.2, 0.25) is 0 Å². The quantitative estimate of drug-likeness (QED) is 0.630. The maximum absolute atomic E-state index is 13.1. The van der Waals surface area contributed by atoms with Crippen LogP contribution in [-0.4, -0.2) is 30.2 Å². The fraction of sp³-hybridized carbons (Fsp3) is 0.235. The number of nitrogens with zero attached hydrogens (tertiary/aromatic N) is 5. The second-order valence-electron chi connectivity index (χ2n) is 6.21. The van der Waals surface area contributed by atoms with Crippen LogP contribution in [0.4, 0.5) is 10.2 Å². The van der Waals surface area contributed by atoms with Crippen molar-refractivity contribution in [3.63, 3.8) is 0 Å². The van der Waals surface area contributed by atoms with Gasteiger partial charge in [-0.15, -0.1) is 0 Å². The third-order valence-electron chi connectivity index (χ3n) is 4.31. The van der Waals surface area contributed by atoms with E-state index in [9.17, 15) is 4.39 Å². The minimum atomic E-state index is -0.259. The fourth-order valence-corrected chi connectivity index (χ4v) is 2.90. The van der Waals surface area contributed by atoms with Crippen molar-refractivity contribution in [2.24, 2.45) is 7.05 Å². The Balaban J connectivity index is 1.74. The Morgan fingerprint density at radius 1 is 1.21 bits per heavy atom. The molecule has 0 atom stereocenters. The second-order valence-corrected chi connectivity index (χ2v) is 6.21. The number of hydrogen-bond acceptors (Lipinski definition) is 4. The van der Waals surface area contributed by atoms with E-state index < -0.39 is 0 Å². The molecule has 1 fully saturated rings. The SMILES string of the molecule is Cn1cnc2c(NC3CC3)nc3cc(-c4ccc(F)cc4)nn3c21. The van der Waals surface area contributed by atoms with Crippen LogP contribution in [0.5, 0.6) is 0 Å². The van der Waals surface area contributed by atoms with Gasteiger partial charge in [0.25, 0.3) is 0 Å². The van der Waals surface area contributed by atoms with Crippen LogP contribution in [-0.2, 0) is 7.05 Å². The Bertz CT molecular complexity index is 1060. The molecule has 120 valence electrons. The molecule has 0 aliphatic heterocycles. The van der Waals surface area contributed by atoms with Gasteiger partial charge in [-0.3, -0.25) is 0 Å². The zero-order valence-corrected chi connectivity index (χ0v) is 13.1. The third-order valence-corrected chi connectivity index (χ3v) is 4.31. The van der Waals surface area contributed by atoms with E-state index >= 15 is 0 Å². The van der Waals surface area contributed by atoms with Crippen molar-refractivity contribution >= 4 is 22.6 Å². The Morgan fingerprint density at radius 2 is 2.00 bits per heavy atom. The zero-order chi connectivity index (χ0) is 16.3. The summed E-state index contributed by atoms with van der Waals surface area (Å²) >= 11 is 0. The maximum atomic E-state index is 13.1. The molecule has 1 aliphatic carbocycles. The van der Waals surface area contributed by atoms with Crippen LogP contribution in [0.3, 0.4) is 0 Å². The van der Waals surface area contributed by atoms with Gasteiger partial charge in [0.05, 0.1) is 12.0 Å². The van der Waals surface area contributed by atoms with Crippen molar-refractivity contribution in [3.05, 3.63) is 42.5 Å². The summed E-state index contributed by atoms with van der Waals surface area (Å²) in [6.07, 6.45) is 4.10. The first-order chi connectivity index (χ1) is 11.7. The molecule has 0 radical (unpaired) electrons. The average molecular weight is 322 g/mol. The highest BCUT2D eigenvalue weighted by Crippen LogP contribution is 2.29. The first-order valence-electron chi connectivity index (χ1n) is 7.92. The van der Waals surface area contributed by atoms with Gasteiger partial charge in [0.1, 0.15) is 5.82 Å². The number of aryl methyl sites for hydroxylation is 1.